The van der Waals surface area contributed by atoms with Gasteiger partial charge >= 0.3 is 0 Å². The normalized spacial score (nSPS) is 41.1. The summed E-state index contributed by atoms with van der Waals surface area (Å²) in [6.07, 6.45) is 3.99. The van der Waals surface area contributed by atoms with Crippen LogP contribution in [0, 0.1) is 5.92 Å². The number of fused-ring (bicyclic) bond motifs is 1. The van der Waals surface area contributed by atoms with Gasteiger partial charge in [-0.2, -0.15) is 0 Å². The van der Waals surface area contributed by atoms with Crippen molar-refractivity contribution in [2.75, 3.05) is 20.7 Å². The molecule has 2 heterocycles. The number of hydrogen-bond donors (Lipinski definition) is 1. The molecule has 0 saturated carbocycles. The third-order valence-corrected chi connectivity index (χ3v) is 7.03. The second-order valence-electron chi connectivity index (χ2n) is 8.03. The monoisotopic (exact) mass is 341 g/mol. The standard InChI is InChI=1S/C20H23NO4/c1-11-10-21(2)16-8-12-4-5-14(24-3)18-17(12)19(11)9-15(25-18)13(22)6-7-20(16,19)23/h4-7,11,15-16,23H,8-10H2,1-3H3/t11?,15-,16?,19+,20-/m1/s1. The lowest BCUT2D eigenvalue weighted by Gasteiger charge is -2.64. The van der Waals surface area contributed by atoms with Crippen LogP contribution in [-0.4, -0.2) is 54.2 Å². The second-order valence-corrected chi connectivity index (χ2v) is 8.03. The summed E-state index contributed by atoms with van der Waals surface area (Å²) < 4.78 is 11.7. The largest absolute Gasteiger partial charge is 0.493 e. The van der Waals surface area contributed by atoms with Gasteiger partial charge in [-0.05, 0) is 43.2 Å². The first kappa shape index (κ1) is 15.4. The molecular formula is C20H23NO4. The van der Waals surface area contributed by atoms with Crippen molar-refractivity contribution in [2.24, 2.45) is 5.92 Å². The van der Waals surface area contributed by atoms with Crippen molar-refractivity contribution in [1.82, 2.24) is 4.90 Å². The molecule has 3 bridgehead atoms. The van der Waals surface area contributed by atoms with Gasteiger partial charge in [-0.15, -0.1) is 0 Å². The highest BCUT2D eigenvalue weighted by Crippen LogP contribution is 2.63. The average molecular weight is 341 g/mol. The van der Waals surface area contributed by atoms with Crippen molar-refractivity contribution in [1.29, 1.82) is 0 Å². The van der Waals surface area contributed by atoms with E-state index in [4.69, 9.17) is 9.47 Å². The van der Waals surface area contributed by atoms with Crippen molar-refractivity contribution in [3.05, 3.63) is 35.4 Å². The Bertz CT molecular complexity index is 818. The number of likely N-dealkylation sites (tertiary alicyclic amines) is 1. The Morgan fingerprint density at radius 2 is 2.20 bits per heavy atom. The zero-order valence-corrected chi connectivity index (χ0v) is 14.8. The molecule has 0 aromatic heterocycles. The summed E-state index contributed by atoms with van der Waals surface area (Å²) in [4.78, 5) is 14.9. The fourth-order valence-electron chi connectivity index (χ4n) is 5.93. The average Bonchev–Trinajstić information content (AvgIpc) is 2.69. The number of rotatable bonds is 1. The Kier molecular flexibility index (Phi) is 2.87. The molecule has 2 aliphatic heterocycles. The van der Waals surface area contributed by atoms with E-state index in [1.807, 2.05) is 6.07 Å². The molecule has 1 spiro atoms. The van der Waals surface area contributed by atoms with Crippen LogP contribution in [0.3, 0.4) is 0 Å². The fraction of sp³-hybridized carbons (Fsp3) is 0.550. The van der Waals surface area contributed by atoms with Crippen LogP contribution in [0.5, 0.6) is 11.5 Å². The number of hydrogen-bond acceptors (Lipinski definition) is 5. The van der Waals surface area contributed by atoms with Gasteiger partial charge in [-0.1, -0.05) is 13.0 Å². The minimum absolute atomic E-state index is 0.0432. The topological polar surface area (TPSA) is 59.0 Å². The zero-order chi connectivity index (χ0) is 17.6. The zero-order valence-electron chi connectivity index (χ0n) is 14.8. The molecule has 1 N–H and O–H groups in total. The smallest absolute Gasteiger partial charge is 0.195 e. The minimum atomic E-state index is -1.08. The molecule has 5 nitrogen and oxygen atoms in total. The molecule has 4 aliphatic rings. The van der Waals surface area contributed by atoms with E-state index in [0.717, 1.165) is 18.5 Å². The molecule has 5 heteroatoms. The summed E-state index contributed by atoms with van der Waals surface area (Å²) in [6, 6.07) is 3.97. The molecular weight excluding hydrogens is 318 g/mol. The first-order valence-corrected chi connectivity index (χ1v) is 8.95. The first-order valence-electron chi connectivity index (χ1n) is 8.95. The van der Waals surface area contributed by atoms with E-state index in [2.05, 4.69) is 24.9 Å². The fourth-order valence-corrected chi connectivity index (χ4v) is 5.93. The Morgan fingerprint density at radius 1 is 1.40 bits per heavy atom. The number of carbonyl (C=O) groups is 1. The van der Waals surface area contributed by atoms with Gasteiger partial charge in [0.2, 0.25) is 0 Å². The summed E-state index contributed by atoms with van der Waals surface area (Å²) >= 11 is 0. The quantitative estimate of drug-likeness (QED) is 0.838. The summed E-state index contributed by atoms with van der Waals surface area (Å²) in [6.45, 7) is 3.07. The van der Waals surface area contributed by atoms with Crippen molar-refractivity contribution in [2.45, 2.75) is 42.9 Å². The van der Waals surface area contributed by atoms with Crippen LogP contribution in [0.2, 0.25) is 0 Å². The highest BCUT2D eigenvalue weighted by molar-refractivity contribution is 5.95. The van der Waals surface area contributed by atoms with Gasteiger partial charge < -0.3 is 14.6 Å². The molecule has 5 rings (SSSR count). The molecule has 1 aromatic carbocycles. The maximum atomic E-state index is 12.7. The van der Waals surface area contributed by atoms with Crippen LogP contribution in [0.4, 0.5) is 0 Å². The summed E-state index contributed by atoms with van der Waals surface area (Å²) in [7, 11) is 3.69. The third kappa shape index (κ3) is 1.59. The van der Waals surface area contributed by atoms with Crippen molar-refractivity contribution in [3.63, 3.8) is 0 Å². The predicted molar refractivity (Wildman–Crippen MR) is 92.1 cm³/mol. The Labute approximate surface area is 147 Å². The number of piperidine rings is 1. The van der Waals surface area contributed by atoms with E-state index in [9.17, 15) is 9.90 Å². The highest BCUT2D eigenvalue weighted by Gasteiger charge is 2.68. The van der Waals surface area contributed by atoms with Crippen LogP contribution in [0.25, 0.3) is 0 Å². The van der Waals surface area contributed by atoms with Gasteiger partial charge in [-0.25, -0.2) is 0 Å². The van der Waals surface area contributed by atoms with Gasteiger partial charge in [0.05, 0.1) is 7.11 Å². The Morgan fingerprint density at radius 3 is 2.96 bits per heavy atom. The van der Waals surface area contributed by atoms with Crippen LogP contribution in [0.1, 0.15) is 24.5 Å². The number of carbonyl (C=O) groups excluding carboxylic acids is 1. The van der Waals surface area contributed by atoms with E-state index in [-0.39, 0.29) is 17.7 Å². The lowest BCUT2D eigenvalue weighted by atomic mass is 9.49. The maximum Gasteiger partial charge on any atom is 0.195 e. The van der Waals surface area contributed by atoms with Crippen LogP contribution >= 0.6 is 0 Å². The van der Waals surface area contributed by atoms with Crippen LogP contribution in [-0.2, 0) is 16.6 Å². The molecule has 1 fully saturated rings. The number of likely N-dealkylation sites (N-methyl/N-ethyl adjacent to an activating group) is 1. The van der Waals surface area contributed by atoms with E-state index in [0.29, 0.717) is 17.9 Å². The molecule has 2 aliphatic carbocycles. The van der Waals surface area contributed by atoms with E-state index in [1.54, 1.807) is 13.2 Å². The Balaban J connectivity index is 1.91. The minimum Gasteiger partial charge on any atom is -0.493 e. The molecule has 0 amide bonds. The lowest BCUT2D eigenvalue weighted by molar-refractivity contribution is -0.150. The SMILES string of the molecule is COc1ccc2c3c1O[C@@H]1C[C@]34C(C)CN(C)C(C2)[C@]4(O)C=CC1=O. The maximum absolute atomic E-state index is 12.7. The summed E-state index contributed by atoms with van der Waals surface area (Å²) in [5, 5.41) is 12.0. The number of benzene rings is 1. The van der Waals surface area contributed by atoms with Crippen molar-refractivity contribution < 1.29 is 19.4 Å². The third-order valence-electron chi connectivity index (χ3n) is 7.03. The molecule has 5 atom stereocenters. The van der Waals surface area contributed by atoms with Gasteiger partial charge in [-0.3, -0.25) is 9.69 Å². The molecule has 1 aromatic rings. The van der Waals surface area contributed by atoms with Crippen LogP contribution in [0.15, 0.2) is 24.3 Å². The summed E-state index contributed by atoms with van der Waals surface area (Å²) in [5.41, 5.74) is 0.654. The highest BCUT2D eigenvalue weighted by atomic mass is 16.5. The molecule has 2 unspecified atom stereocenters. The number of ketones is 1. The van der Waals surface area contributed by atoms with Gasteiger partial charge in [0, 0.05) is 30.0 Å². The molecule has 1 saturated heterocycles. The lowest BCUT2D eigenvalue weighted by Crippen LogP contribution is -2.74. The van der Waals surface area contributed by atoms with E-state index >= 15 is 0 Å². The Hall–Kier alpha value is -1.85. The number of nitrogens with zero attached hydrogens (tertiary/aromatic N) is 1. The van der Waals surface area contributed by atoms with Crippen molar-refractivity contribution >= 4 is 5.78 Å². The number of methoxy groups -OCH3 is 1. The van der Waals surface area contributed by atoms with Gasteiger partial charge in [0.1, 0.15) is 5.60 Å². The van der Waals surface area contributed by atoms with E-state index in [1.165, 1.54) is 11.6 Å². The predicted octanol–water partition coefficient (Wildman–Crippen LogP) is 1.46. The van der Waals surface area contributed by atoms with Crippen LogP contribution < -0.4 is 9.47 Å². The van der Waals surface area contributed by atoms with E-state index < -0.39 is 17.1 Å². The molecule has 25 heavy (non-hydrogen) atoms. The van der Waals surface area contributed by atoms with Gasteiger partial charge in [0.25, 0.3) is 0 Å². The van der Waals surface area contributed by atoms with Gasteiger partial charge in [0.15, 0.2) is 23.4 Å². The number of aliphatic hydroxyl groups is 1. The second kappa shape index (κ2) is 4.65. The van der Waals surface area contributed by atoms with Crippen molar-refractivity contribution in [3.8, 4) is 11.5 Å². The number of ether oxygens (including phenoxy) is 2. The summed E-state index contributed by atoms with van der Waals surface area (Å²) in [5.74, 6) is 1.41. The first-order chi connectivity index (χ1) is 11.9. The molecule has 0 radical (unpaired) electrons. The molecule has 132 valence electrons.